The van der Waals surface area contributed by atoms with E-state index in [1.807, 2.05) is 0 Å². The van der Waals surface area contributed by atoms with Crippen LogP contribution in [-0.2, 0) is 19.1 Å². The van der Waals surface area contributed by atoms with Crippen LogP contribution in [0.25, 0.3) is 11.4 Å². The number of hydrogen-bond donors (Lipinski definition) is 1. The fourth-order valence-corrected chi connectivity index (χ4v) is 1.95. The van der Waals surface area contributed by atoms with Crippen molar-refractivity contribution >= 4 is 0 Å². The predicted octanol–water partition coefficient (Wildman–Crippen LogP) is 3.32. The first-order chi connectivity index (χ1) is 9.88. The smallest absolute Gasteiger partial charge is 0.326 e. The maximum absolute atomic E-state index is 14.3. The van der Waals surface area contributed by atoms with Crippen LogP contribution in [0.4, 0.5) is 17.6 Å². The topological polar surface area (TPSA) is 51.8 Å². The summed E-state index contributed by atoms with van der Waals surface area (Å²) in [5.74, 6) is -1.31. The molecule has 0 aliphatic rings. The van der Waals surface area contributed by atoms with Gasteiger partial charge in [0.2, 0.25) is 0 Å². The van der Waals surface area contributed by atoms with Crippen molar-refractivity contribution in [2.45, 2.75) is 26.1 Å². The summed E-state index contributed by atoms with van der Waals surface area (Å²) < 4.78 is 53.6. The van der Waals surface area contributed by atoms with Gasteiger partial charge in [0, 0.05) is 24.0 Å². The minimum Gasteiger partial charge on any atom is -0.326 e. The Labute approximate surface area is 118 Å². The number of aryl methyl sites for hydroxylation is 1. The molecule has 112 valence electrons. The molecule has 1 heterocycles. The SMILES string of the molecule is CCc1ccnc(-c2c(C(F)(F)F)ccc(CN)c2F)n1. The first-order valence-electron chi connectivity index (χ1n) is 6.29. The lowest BCUT2D eigenvalue weighted by Crippen LogP contribution is -2.12. The molecule has 7 heteroatoms. The second-order valence-electron chi connectivity index (χ2n) is 4.39. The zero-order valence-electron chi connectivity index (χ0n) is 11.2. The molecule has 21 heavy (non-hydrogen) atoms. The lowest BCUT2D eigenvalue weighted by atomic mass is 10.0. The molecule has 2 N–H and O–H groups in total. The molecule has 1 aromatic carbocycles. The van der Waals surface area contributed by atoms with E-state index in [4.69, 9.17) is 5.73 Å². The first kappa shape index (κ1) is 15.4. The van der Waals surface area contributed by atoms with Gasteiger partial charge < -0.3 is 5.73 Å². The van der Waals surface area contributed by atoms with E-state index in [0.717, 1.165) is 12.1 Å². The highest BCUT2D eigenvalue weighted by Crippen LogP contribution is 2.38. The molecule has 0 aliphatic heterocycles. The van der Waals surface area contributed by atoms with Crippen molar-refractivity contribution in [3.63, 3.8) is 0 Å². The van der Waals surface area contributed by atoms with E-state index in [1.54, 1.807) is 13.0 Å². The minimum atomic E-state index is -4.70. The highest BCUT2D eigenvalue weighted by molar-refractivity contribution is 5.63. The van der Waals surface area contributed by atoms with Gasteiger partial charge in [-0.3, -0.25) is 0 Å². The maximum atomic E-state index is 14.3. The van der Waals surface area contributed by atoms with Gasteiger partial charge in [0.15, 0.2) is 5.82 Å². The molecule has 1 aromatic heterocycles. The molecule has 0 amide bonds. The van der Waals surface area contributed by atoms with Gasteiger partial charge in [-0.15, -0.1) is 0 Å². The summed E-state index contributed by atoms with van der Waals surface area (Å²) in [6.07, 6.45) is -2.88. The third-order valence-corrected chi connectivity index (χ3v) is 3.05. The largest absolute Gasteiger partial charge is 0.417 e. The second-order valence-corrected chi connectivity index (χ2v) is 4.39. The van der Waals surface area contributed by atoms with Gasteiger partial charge in [0.05, 0.1) is 11.1 Å². The van der Waals surface area contributed by atoms with Crippen molar-refractivity contribution in [3.05, 3.63) is 47.0 Å². The van der Waals surface area contributed by atoms with Crippen molar-refractivity contribution in [1.82, 2.24) is 9.97 Å². The Bertz CT molecular complexity index is 653. The van der Waals surface area contributed by atoms with Gasteiger partial charge in [-0.05, 0) is 18.6 Å². The average molecular weight is 299 g/mol. The molecule has 2 aromatic rings. The fourth-order valence-electron chi connectivity index (χ4n) is 1.95. The maximum Gasteiger partial charge on any atom is 0.417 e. The number of benzene rings is 1. The van der Waals surface area contributed by atoms with Crippen LogP contribution in [0.1, 0.15) is 23.7 Å². The molecular formula is C14H13F4N3. The summed E-state index contributed by atoms with van der Waals surface area (Å²) in [5, 5.41) is 0. The van der Waals surface area contributed by atoms with Gasteiger partial charge in [-0.1, -0.05) is 13.0 Å². The van der Waals surface area contributed by atoms with Crippen molar-refractivity contribution in [2.24, 2.45) is 5.73 Å². The standard InChI is InChI=1S/C14H13F4N3/c1-2-9-5-6-20-13(21-9)11-10(14(16,17)18)4-3-8(7-19)12(11)15/h3-6H,2,7,19H2,1H3. The van der Waals surface area contributed by atoms with E-state index in [-0.39, 0.29) is 17.9 Å². The normalized spacial score (nSPS) is 11.7. The monoisotopic (exact) mass is 299 g/mol. The molecule has 2 rings (SSSR count). The van der Waals surface area contributed by atoms with Crippen LogP contribution in [0.15, 0.2) is 24.4 Å². The van der Waals surface area contributed by atoms with Crippen LogP contribution in [0, 0.1) is 5.82 Å². The number of aromatic nitrogens is 2. The Morgan fingerprint density at radius 3 is 2.48 bits per heavy atom. The highest BCUT2D eigenvalue weighted by Gasteiger charge is 2.36. The Hall–Kier alpha value is -2.02. The van der Waals surface area contributed by atoms with Crippen molar-refractivity contribution in [2.75, 3.05) is 0 Å². The van der Waals surface area contributed by atoms with E-state index >= 15 is 0 Å². The van der Waals surface area contributed by atoms with Gasteiger partial charge in [-0.2, -0.15) is 13.2 Å². The zero-order valence-corrected chi connectivity index (χ0v) is 11.2. The lowest BCUT2D eigenvalue weighted by molar-refractivity contribution is -0.137. The number of rotatable bonds is 3. The van der Waals surface area contributed by atoms with E-state index in [0.29, 0.717) is 12.1 Å². The van der Waals surface area contributed by atoms with Crippen LogP contribution in [0.2, 0.25) is 0 Å². The molecule has 0 radical (unpaired) electrons. The molecule has 0 saturated heterocycles. The summed E-state index contributed by atoms with van der Waals surface area (Å²) in [6.45, 7) is 1.59. The van der Waals surface area contributed by atoms with Gasteiger partial charge >= 0.3 is 6.18 Å². The number of nitrogens with two attached hydrogens (primary N) is 1. The predicted molar refractivity (Wildman–Crippen MR) is 69.7 cm³/mol. The van der Waals surface area contributed by atoms with Crippen LogP contribution in [-0.4, -0.2) is 9.97 Å². The molecular weight excluding hydrogens is 286 g/mol. The van der Waals surface area contributed by atoms with E-state index < -0.39 is 23.1 Å². The van der Waals surface area contributed by atoms with Crippen LogP contribution in [0.5, 0.6) is 0 Å². The molecule has 0 spiro atoms. The van der Waals surface area contributed by atoms with Crippen molar-refractivity contribution in [3.8, 4) is 11.4 Å². The number of nitrogens with zero attached hydrogens (tertiary/aromatic N) is 2. The molecule has 0 saturated carbocycles. The Morgan fingerprint density at radius 2 is 1.90 bits per heavy atom. The van der Waals surface area contributed by atoms with Crippen LogP contribution >= 0.6 is 0 Å². The van der Waals surface area contributed by atoms with E-state index in [9.17, 15) is 17.6 Å². The zero-order chi connectivity index (χ0) is 15.6. The Morgan fingerprint density at radius 1 is 1.19 bits per heavy atom. The Kier molecular flexibility index (Phi) is 4.22. The fraction of sp³-hybridized carbons (Fsp3) is 0.286. The molecule has 0 unspecified atom stereocenters. The number of alkyl halides is 3. The molecule has 0 fully saturated rings. The van der Waals surface area contributed by atoms with E-state index in [2.05, 4.69) is 9.97 Å². The average Bonchev–Trinajstić information content (AvgIpc) is 2.46. The molecule has 0 atom stereocenters. The quantitative estimate of drug-likeness (QED) is 0.885. The summed E-state index contributed by atoms with van der Waals surface area (Å²) >= 11 is 0. The van der Waals surface area contributed by atoms with E-state index in [1.165, 1.54) is 6.20 Å². The van der Waals surface area contributed by atoms with Crippen molar-refractivity contribution in [1.29, 1.82) is 0 Å². The van der Waals surface area contributed by atoms with Crippen molar-refractivity contribution < 1.29 is 17.6 Å². The Balaban J connectivity index is 2.74. The summed E-state index contributed by atoms with van der Waals surface area (Å²) in [7, 11) is 0. The molecule has 0 bridgehead atoms. The third kappa shape index (κ3) is 3.02. The molecule has 3 nitrogen and oxygen atoms in total. The first-order valence-corrected chi connectivity index (χ1v) is 6.29. The number of halogens is 4. The van der Waals surface area contributed by atoms with Gasteiger partial charge in [0.25, 0.3) is 0 Å². The van der Waals surface area contributed by atoms with Crippen LogP contribution in [0.3, 0.4) is 0 Å². The highest BCUT2D eigenvalue weighted by atomic mass is 19.4. The van der Waals surface area contributed by atoms with Gasteiger partial charge in [-0.25, -0.2) is 14.4 Å². The third-order valence-electron chi connectivity index (χ3n) is 3.05. The summed E-state index contributed by atoms with van der Waals surface area (Å²) in [6, 6.07) is 3.41. The second kappa shape index (κ2) is 5.77. The summed E-state index contributed by atoms with van der Waals surface area (Å²) in [4.78, 5) is 7.76. The lowest BCUT2D eigenvalue weighted by Gasteiger charge is -2.15. The molecule has 0 aliphatic carbocycles. The summed E-state index contributed by atoms with van der Waals surface area (Å²) in [5.41, 5.74) is 4.11. The number of hydrogen-bond acceptors (Lipinski definition) is 3. The van der Waals surface area contributed by atoms with Gasteiger partial charge in [0.1, 0.15) is 5.82 Å². The minimum absolute atomic E-state index is 0.0106. The van der Waals surface area contributed by atoms with Crippen LogP contribution < -0.4 is 5.73 Å².